The highest BCUT2D eigenvalue weighted by molar-refractivity contribution is 6.12. The van der Waals surface area contributed by atoms with Crippen LogP contribution < -0.4 is 0 Å². The molecule has 0 aliphatic rings. The summed E-state index contributed by atoms with van der Waals surface area (Å²) >= 11 is 0. The highest BCUT2D eigenvalue weighted by Crippen LogP contribution is 2.45. The summed E-state index contributed by atoms with van der Waals surface area (Å²) in [5.74, 6) is 0. The van der Waals surface area contributed by atoms with Crippen molar-refractivity contribution in [3.63, 3.8) is 0 Å². The third-order valence-corrected chi connectivity index (χ3v) is 9.95. The summed E-state index contributed by atoms with van der Waals surface area (Å²) in [7, 11) is 0. The van der Waals surface area contributed by atoms with Gasteiger partial charge in [0.1, 0.15) is 0 Å². The minimum atomic E-state index is -4.96. The van der Waals surface area contributed by atoms with Crippen molar-refractivity contribution in [2.45, 2.75) is 38.6 Å². The average Bonchev–Trinajstić information content (AvgIpc) is 3.63. The van der Waals surface area contributed by atoms with Crippen LogP contribution in [0.15, 0.2) is 97.1 Å². The summed E-state index contributed by atoms with van der Waals surface area (Å²) < 4.78 is 174. The molecule has 58 heavy (non-hydrogen) atoms. The van der Waals surface area contributed by atoms with Gasteiger partial charge in [0.05, 0.1) is 67.3 Å². The maximum absolute atomic E-state index is 14.3. The van der Waals surface area contributed by atoms with Crippen molar-refractivity contribution in [1.82, 2.24) is 14.1 Å². The topological polar surface area (TPSA) is 46.5 Å². The maximum atomic E-state index is 14.3. The third kappa shape index (κ3) is 6.34. The number of aryl methyl sites for hydroxylation is 2. The molecule has 16 heteroatoms. The Hall–Kier alpha value is -6.50. The van der Waals surface area contributed by atoms with E-state index < -0.39 is 47.0 Å². The average molecular weight is 811 g/mol. The first-order valence-corrected chi connectivity index (χ1v) is 17.0. The molecular weight excluding hydrogens is 788 g/mol. The molecule has 8 rings (SSSR count). The Bertz CT molecular complexity index is 2880. The summed E-state index contributed by atoms with van der Waals surface area (Å²) in [4.78, 5) is 4.33. The van der Waals surface area contributed by atoms with Crippen LogP contribution in [0.5, 0.6) is 0 Å². The number of alkyl halides is 12. The molecule has 8 aromatic rings. The Morgan fingerprint density at radius 3 is 1.05 bits per heavy atom. The number of fused-ring (bicyclic) bond motifs is 6. The zero-order valence-electron chi connectivity index (χ0n) is 29.6. The Morgan fingerprint density at radius 2 is 0.759 bits per heavy atom. The van der Waals surface area contributed by atoms with Crippen LogP contribution in [0.1, 0.15) is 39.2 Å². The Morgan fingerprint density at radius 1 is 0.448 bits per heavy atom. The van der Waals surface area contributed by atoms with Crippen LogP contribution in [-0.2, 0) is 24.7 Å². The molecule has 0 saturated heterocycles. The van der Waals surface area contributed by atoms with Crippen molar-refractivity contribution in [1.29, 1.82) is 5.26 Å². The van der Waals surface area contributed by atoms with Gasteiger partial charge in [0.2, 0.25) is 0 Å². The van der Waals surface area contributed by atoms with Gasteiger partial charge in [-0.05, 0) is 92.2 Å². The van der Waals surface area contributed by atoms with Crippen LogP contribution in [0.25, 0.3) is 66.1 Å². The van der Waals surface area contributed by atoms with E-state index in [0.717, 1.165) is 63.7 Å². The molecule has 3 aromatic heterocycles. The van der Waals surface area contributed by atoms with Gasteiger partial charge in [0, 0.05) is 38.5 Å². The van der Waals surface area contributed by atoms with Crippen LogP contribution >= 0.6 is 0 Å². The summed E-state index contributed by atoms with van der Waals surface area (Å²) in [6.07, 6.45) is -19.8. The first-order chi connectivity index (χ1) is 27.0. The molecule has 0 amide bonds. The molecule has 0 radical (unpaired) electrons. The Labute approximate surface area is 318 Å². The van der Waals surface area contributed by atoms with Crippen molar-refractivity contribution in [2.75, 3.05) is 0 Å². The predicted octanol–water partition coefficient (Wildman–Crippen LogP) is 13.5. The molecule has 4 nitrogen and oxygen atoms in total. The molecule has 0 aliphatic heterocycles. The fourth-order valence-electron chi connectivity index (χ4n) is 7.52. The van der Waals surface area contributed by atoms with Crippen LogP contribution in [0.2, 0.25) is 0 Å². The predicted molar refractivity (Wildman–Crippen MR) is 193 cm³/mol. The minimum absolute atomic E-state index is 0.0339. The highest BCUT2D eigenvalue weighted by Gasteiger charge is 2.36. The zero-order chi connectivity index (χ0) is 41.9. The number of pyridine rings is 1. The van der Waals surface area contributed by atoms with E-state index in [9.17, 15) is 57.9 Å². The molecule has 0 N–H and O–H groups in total. The maximum Gasteiger partial charge on any atom is 0.416 e. The van der Waals surface area contributed by atoms with Crippen LogP contribution in [0.4, 0.5) is 52.7 Å². The van der Waals surface area contributed by atoms with E-state index >= 15 is 0 Å². The Kier molecular flexibility index (Phi) is 8.44. The lowest BCUT2D eigenvalue weighted by Crippen LogP contribution is -2.09. The lowest BCUT2D eigenvalue weighted by Gasteiger charge is -2.20. The van der Waals surface area contributed by atoms with Crippen LogP contribution in [0.3, 0.4) is 0 Å². The molecule has 5 aromatic carbocycles. The largest absolute Gasteiger partial charge is 0.416 e. The second kappa shape index (κ2) is 12.8. The number of hydrogen-bond acceptors (Lipinski definition) is 2. The minimum Gasteiger partial charge on any atom is -0.307 e. The quantitative estimate of drug-likeness (QED) is 0.167. The van der Waals surface area contributed by atoms with E-state index in [1.54, 1.807) is 26.0 Å². The van der Waals surface area contributed by atoms with Gasteiger partial charge in [-0.15, -0.1) is 0 Å². The number of halogens is 12. The standard InChI is InChI=1S/C42H22F12N4/c1-20-11-22(12-21(2)56-20)32-18-38(58-35-16-26(41(49,50)51)5-9-30(35)31-10-6-27(17-36(31)58)42(52,53)54)37(13-23(32)19-55)57-33-14-24(39(43,44)45)3-7-28(33)29-8-4-25(15-34(29)57)40(46,47)48/h3-18H,1-2H3. The molecule has 3 heterocycles. The van der Waals surface area contributed by atoms with Gasteiger partial charge in [-0.2, -0.15) is 57.9 Å². The van der Waals surface area contributed by atoms with E-state index in [4.69, 9.17) is 0 Å². The van der Waals surface area contributed by atoms with Crippen LogP contribution in [0, 0.1) is 25.2 Å². The second-order valence-corrected chi connectivity index (χ2v) is 13.7. The van der Waals surface area contributed by atoms with E-state index in [0.29, 0.717) is 41.2 Å². The molecular formula is C42H22F12N4. The van der Waals surface area contributed by atoms with Gasteiger partial charge in [0.25, 0.3) is 0 Å². The molecule has 0 spiro atoms. The van der Waals surface area contributed by atoms with Gasteiger partial charge in [-0.3, -0.25) is 4.98 Å². The fourth-order valence-corrected chi connectivity index (χ4v) is 7.52. The second-order valence-electron chi connectivity index (χ2n) is 13.7. The summed E-state index contributed by atoms with van der Waals surface area (Å²) in [5, 5.41) is 10.7. The SMILES string of the molecule is Cc1cc(-c2cc(-n3c4cc(C(F)(F)F)ccc4c4ccc(C(F)(F)F)cc43)c(-n3c4cc(C(F)(F)F)ccc4c4ccc(C(F)(F)F)cc43)cc2C#N)cc(C)n1. The molecule has 0 aliphatic carbocycles. The van der Waals surface area contributed by atoms with E-state index in [1.807, 2.05) is 6.07 Å². The number of nitriles is 1. The van der Waals surface area contributed by atoms with E-state index in [2.05, 4.69) is 4.98 Å². The van der Waals surface area contributed by atoms with Gasteiger partial charge in [-0.1, -0.05) is 24.3 Å². The zero-order valence-corrected chi connectivity index (χ0v) is 29.6. The summed E-state index contributed by atoms with van der Waals surface area (Å²) in [5.41, 5.74) is -5.43. The Balaban J connectivity index is 1.64. The van der Waals surface area contributed by atoms with Gasteiger partial charge in [0.15, 0.2) is 0 Å². The van der Waals surface area contributed by atoms with Crippen molar-refractivity contribution in [3.8, 4) is 28.6 Å². The number of rotatable bonds is 3. The highest BCUT2D eigenvalue weighted by atomic mass is 19.4. The normalized spacial score (nSPS) is 13.0. The number of nitrogens with zero attached hydrogens (tertiary/aromatic N) is 4. The van der Waals surface area contributed by atoms with Gasteiger partial charge >= 0.3 is 24.7 Å². The number of aromatic nitrogens is 3. The van der Waals surface area contributed by atoms with E-state index in [1.165, 1.54) is 6.07 Å². The first kappa shape index (κ1) is 38.4. The summed E-state index contributed by atoms with van der Waals surface area (Å²) in [6.45, 7) is 3.27. The van der Waals surface area contributed by atoms with Gasteiger partial charge < -0.3 is 9.13 Å². The molecule has 0 bridgehead atoms. The fraction of sp³-hybridized carbons (Fsp3) is 0.143. The molecule has 294 valence electrons. The summed E-state index contributed by atoms with van der Waals surface area (Å²) in [6, 6.07) is 17.5. The smallest absolute Gasteiger partial charge is 0.307 e. The van der Waals surface area contributed by atoms with E-state index in [-0.39, 0.29) is 66.1 Å². The number of benzene rings is 5. The van der Waals surface area contributed by atoms with Gasteiger partial charge in [-0.25, -0.2) is 0 Å². The molecule has 0 atom stereocenters. The monoisotopic (exact) mass is 810 g/mol. The van der Waals surface area contributed by atoms with Crippen molar-refractivity contribution >= 4 is 43.6 Å². The lowest BCUT2D eigenvalue weighted by atomic mass is 9.97. The molecule has 0 unspecified atom stereocenters. The van der Waals surface area contributed by atoms with Crippen molar-refractivity contribution < 1.29 is 52.7 Å². The van der Waals surface area contributed by atoms with Crippen LogP contribution in [-0.4, -0.2) is 14.1 Å². The van der Waals surface area contributed by atoms with Crippen molar-refractivity contribution in [2.24, 2.45) is 0 Å². The first-order valence-electron chi connectivity index (χ1n) is 17.0. The molecule has 0 fully saturated rings. The third-order valence-electron chi connectivity index (χ3n) is 9.95. The van der Waals surface area contributed by atoms with Crippen molar-refractivity contribution in [3.05, 3.63) is 136 Å². The molecule has 0 saturated carbocycles. The number of hydrogen-bond donors (Lipinski definition) is 0. The lowest BCUT2D eigenvalue weighted by molar-refractivity contribution is -0.138.